The van der Waals surface area contributed by atoms with Gasteiger partial charge in [-0.05, 0) is 47.9 Å². The molecule has 0 bridgehead atoms. The van der Waals surface area contributed by atoms with Gasteiger partial charge in [0.15, 0.2) is 0 Å². The van der Waals surface area contributed by atoms with E-state index in [-0.39, 0.29) is 0 Å². The average Bonchev–Trinajstić information content (AvgIpc) is 2.74. The van der Waals surface area contributed by atoms with Crippen molar-refractivity contribution in [2.75, 3.05) is 0 Å². The summed E-state index contributed by atoms with van der Waals surface area (Å²) in [5, 5.41) is 0. The lowest BCUT2D eigenvalue weighted by molar-refractivity contribution is 0.248. The van der Waals surface area contributed by atoms with E-state index >= 15 is 0 Å². The van der Waals surface area contributed by atoms with Gasteiger partial charge in [-0.2, -0.15) is 4.39 Å². The van der Waals surface area contributed by atoms with Crippen LogP contribution in [0.4, 0.5) is 4.39 Å². The van der Waals surface area contributed by atoms with E-state index in [1.165, 1.54) is 88.7 Å². The molecule has 0 saturated heterocycles. The number of hydrogen-bond acceptors (Lipinski definition) is 1. The number of hydrogen-bond donors (Lipinski definition) is 0. The first-order valence-corrected chi connectivity index (χ1v) is 11.5. The van der Waals surface area contributed by atoms with Crippen LogP contribution in [0.2, 0.25) is 0 Å². The predicted octanol–water partition coefficient (Wildman–Crippen LogP) is 7.99. The Kier molecular flexibility index (Phi) is 8.51. The lowest BCUT2D eigenvalue weighted by atomic mass is 9.77. The van der Waals surface area contributed by atoms with Crippen molar-refractivity contribution in [2.24, 2.45) is 11.8 Å². The van der Waals surface area contributed by atoms with Gasteiger partial charge in [-0.1, -0.05) is 95.4 Å². The molecule has 152 valence electrons. The van der Waals surface area contributed by atoms with Gasteiger partial charge in [0.25, 0.3) is 0 Å². The smallest absolute Gasteiger partial charge is 0.212 e. The van der Waals surface area contributed by atoms with Crippen molar-refractivity contribution in [3.8, 4) is 11.1 Å². The van der Waals surface area contributed by atoms with Crippen molar-refractivity contribution < 1.29 is 4.39 Å². The highest BCUT2D eigenvalue weighted by molar-refractivity contribution is 5.62. The SMILES string of the molecule is CCCCCCCC1CCC(CCc2ccc(-c3ccc(F)nc3)cc2)CC1. The topological polar surface area (TPSA) is 12.9 Å². The lowest BCUT2D eigenvalue weighted by Crippen LogP contribution is -2.15. The molecule has 0 unspecified atom stereocenters. The molecule has 1 saturated carbocycles. The highest BCUT2D eigenvalue weighted by Crippen LogP contribution is 2.34. The second kappa shape index (κ2) is 11.3. The van der Waals surface area contributed by atoms with Gasteiger partial charge in [0.2, 0.25) is 5.95 Å². The second-order valence-electron chi connectivity index (χ2n) is 8.69. The molecule has 0 aliphatic heterocycles. The molecule has 0 amide bonds. The summed E-state index contributed by atoms with van der Waals surface area (Å²) in [7, 11) is 0. The summed E-state index contributed by atoms with van der Waals surface area (Å²) in [6.07, 6.45) is 18.4. The van der Waals surface area contributed by atoms with E-state index in [4.69, 9.17) is 0 Å². The molecule has 1 aliphatic carbocycles. The van der Waals surface area contributed by atoms with Crippen molar-refractivity contribution in [2.45, 2.75) is 84.0 Å². The monoisotopic (exact) mass is 381 g/mol. The van der Waals surface area contributed by atoms with E-state index in [0.29, 0.717) is 0 Å². The van der Waals surface area contributed by atoms with Gasteiger partial charge in [-0.3, -0.25) is 0 Å². The fourth-order valence-electron chi connectivity index (χ4n) is 4.63. The van der Waals surface area contributed by atoms with Crippen molar-refractivity contribution in [1.29, 1.82) is 0 Å². The van der Waals surface area contributed by atoms with E-state index < -0.39 is 5.95 Å². The van der Waals surface area contributed by atoms with Crippen LogP contribution in [0.5, 0.6) is 0 Å². The van der Waals surface area contributed by atoms with E-state index in [0.717, 1.165) is 23.0 Å². The van der Waals surface area contributed by atoms with Crippen LogP contribution in [0.25, 0.3) is 11.1 Å². The number of aryl methyl sites for hydroxylation is 1. The second-order valence-corrected chi connectivity index (χ2v) is 8.69. The Balaban J connectivity index is 1.35. The number of pyridine rings is 1. The molecule has 3 rings (SSSR count). The number of aromatic nitrogens is 1. The van der Waals surface area contributed by atoms with Crippen LogP contribution in [0.15, 0.2) is 42.6 Å². The van der Waals surface area contributed by atoms with Gasteiger partial charge >= 0.3 is 0 Å². The third kappa shape index (κ3) is 6.72. The Hall–Kier alpha value is -1.70. The highest BCUT2D eigenvalue weighted by Gasteiger charge is 2.20. The summed E-state index contributed by atoms with van der Waals surface area (Å²) >= 11 is 0. The van der Waals surface area contributed by atoms with Gasteiger partial charge in [0.05, 0.1) is 0 Å². The zero-order valence-electron chi connectivity index (χ0n) is 17.5. The van der Waals surface area contributed by atoms with Crippen LogP contribution in [0.1, 0.15) is 83.1 Å². The molecule has 0 radical (unpaired) electrons. The van der Waals surface area contributed by atoms with Crippen LogP contribution in [0, 0.1) is 17.8 Å². The van der Waals surface area contributed by atoms with Crippen molar-refractivity contribution >= 4 is 0 Å². The molecule has 0 N–H and O–H groups in total. The van der Waals surface area contributed by atoms with Crippen molar-refractivity contribution in [1.82, 2.24) is 4.98 Å². The first-order valence-electron chi connectivity index (χ1n) is 11.5. The Morgan fingerprint density at radius 3 is 2.07 bits per heavy atom. The minimum Gasteiger partial charge on any atom is -0.228 e. The van der Waals surface area contributed by atoms with E-state index in [9.17, 15) is 4.39 Å². The summed E-state index contributed by atoms with van der Waals surface area (Å²) in [6, 6.07) is 11.9. The Morgan fingerprint density at radius 1 is 0.786 bits per heavy atom. The van der Waals surface area contributed by atoms with Crippen LogP contribution in [-0.4, -0.2) is 4.98 Å². The first-order chi connectivity index (χ1) is 13.7. The molecule has 1 nitrogen and oxygen atoms in total. The van der Waals surface area contributed by atoms with Gasteiger partial charge in [-0.15, -0.1) is 0 Å². The first kappa shape index (κ1) is 21.0. The van der Waals surface area contributed by atoms with E-state index in [1.54, 1.807) is 12.3 Å². The van der Waals surface area contributed by atoms with Gasteiger partial charge in [-0.25, -0.2) is 4.98 Å². The maximum atomic E-state index is 13.0. The van der Waals surface area contributed by atoms with Crippen molar-refractivity contribution in [3.05, 3.63) is 54.1 Å². The summed E-state index contributed by atoms with van der Waals surface area (Å²) < 4.78 is 13.0. The molecular formula is C26H36FN. The number of halogens is 1. The Morgan fingerprint density at radius 2 is 1.43 bits per heavy atom. The number of benzene rings is 1. The van der Waals surface area contributed by atoms with Gasteiger partial charge in [0.1, 0.15) is 0 Å². The summed E-state index contributed by atoms with van der Waals surface area (Å²) in [5.41, 5.74) is 3.49. The molecule has 0 atom stereocenters. The molecule has 1 aromatic heterocycles. The standard InChI is InChI=1S/C26H36FN/c1-2-3-4-5-6-7-21-8-10-22(11-9-21)12-13-23-14-16-24(17-15-23)25-18-19-26(27)28-20-25/h14-22H,2-13H2,1H3. The Labute approximate surface area is 170 Å². The maximum absolute atomic E-state index is 13.0. The minimum absolute atomic E-state index is 0.424. The average molecular weight is 382 g/mol. The molecule has 2 heteroatoms. The zero-order chi connectivity index (χ0) is 19.6. The van der Waals surface area contributed by atoms with Gasteiger partial charge < -0.3 is 0 Å². The molecule has 0 spiro atoms. The van der Waals surface area contributed by atoms with Gasteiger partial charge in [0, 0.05) is 11.8 Å². The molecule has 28 heavy (non-hydrogen) atoms. The zero-order valence-corrected chi connectivity index (χ0v) is 17.5. The van der Waals surface area contributed by atoms with Crippen molar-refractivity contribution in [3.63, 3.8) is 0 Å². The molecular weight excluding hydrogens is 345 g/mol. The van der Waals surface area contributed by atoms with Crippen LogP contribution in [-0.2, 0) is 6.42 Å². The number of rotatable bonds is 10. The third-order valence-electron chi connectivity index (χ3n) is 6.54. The van der Waals surface area contributed by atoms with Crippen LogP contribution < -0.4 is 0 Å². The molecule has 1 aromatic carbocycles. The molecule has 1 heterocycles. The molecule has 1 fully saturated rings. The molecule has 1 aliphatic rings. The van der Waals surface area contributed by atoms with E-state index in [2.05, 4.69) is 36.2 Å². The quantitative estimate of drug-likeness (QED) is 0.300. The predicted molar refractivity (Wildman–Crippen MR) is 117 cm³/mol. The lowest BCUT2D eigenvalue weighted by Gasteiger charge is -2.28. The summed E-state index contributed by atoms with van der Waals surface area (Å²) in [4.78, 5) is 3.75. The summed E-state index contributed by atoms with van der Waals surface area (Å²) in [6.45, 7) is 2.29. The maximum Gasteiger partial charge on any atom is 0.212 e. The largest absolute Gasteiger partial charge is 0.228 e. The fraction of sp³-hybridized carbons (Fsp3) is 0.577. The minimum atomic E-state index is -0.424. The Bertz CT molecular complexity index is 669. The third-order valence-corrected chi connectivity index (χ3v) is 6.54. The fourth-order valence-corrected chi connectivity index (χ4v) is 4.63. The number of unbranched alkanes of at least 4 members (excludes halogenated alkanes) is 4. The highest BCUT2D eigenvalue weighted by atomic mass is 19.1. The number of nitrogens with zero attached hydrogens (tertiary/aromatic N) is 1. The van der Waals surface area contributed by atoms with E-state index in [1.807, 2.05) is 0 Å². The molecule has 2 aromatic rings. The summed E-state index contributed by atoms with van der Waals surface area (Å²) in [5.74, 6) is 1.49. The van der Waals surface area contributed by atoms with Crippen LogP contribution >= 0.6 is 0 Å². The van der Waals surface area contributed by atoms with Crippen LogP contribution in [0.3, 0.4) is 0 Å². The normalized spacial score (nSPS) is 19.6.